The van der Waals surface area contributed by atoms with Gasteiger partial charge in [0.25, 0.3) is 5.91 Å². The number of nitrogens with two attached hydrogens (primary N) is 1. The molecule has 0 fully saturated rings. The molecular weight excluding hydrogens is 241 g/mol. The van der Waals surface area contributed by atoms with E-state index in [1.807, 2.05) is 0 Å². The first-order chi connectivity index (χ1) is 7.23. The lowest BCUT2D eigenvalue weighted by molar-refractivity contribution is -0.0898. The molecule has 88 valence electrons. The molecule has 1 aromatic heterocycles. The van der Waals surface area contributed by atoms with E-state index < -0.39 is 17.8 Å². The van der Waals surface area contributed by atoms with E-state index in [0.717, 1.165) is 11.3 Å². The summed E-state index contributed by atoms with van der Waals surface area (Å²) in [5.74, 6) is -0.767. The van der Waals surface area contributed by atoms with E-state index in [1.54, 1.807) is 12.3 Å². The van der Waals surface area contributed by atoms with E-state index in [1.165, 1.54) is 0 Å². The Labute approximate surface area is 93.8 Å². The van der Waals surface area contributed by atoms with Gasteiger partial charge in [-0.1, -0.05) is 6.58 Å². The monoisotopic (exact) mass is 250 g/mol. The second-order valence-corrected chi connectivity index (χ2v) is 3.97. The third-order valence-corrected chi connectivity index (χ3v) is 2.84. The molecule has 0 spiro atoms. The van der Waals surface area contributed by atoms with Crippen LogP contribution in [0.2, 0.25) is 0 Å². The van der Waals surface area contributed by atoms with E-state index in [2.05, 4.69) is 11.9 Å². The molecule has 0 aromatic carbocycles. The Kier molecular flexibility index (Phi) is 3.27. The van der Waals surface area contributed by atoms with Crippen LogP contribution in [0.5, 0.6) is 0 Å². The summed E-state index contributed by atoms with van der Waals surface area (Å²) in [4.78, 5) is 11.0. The third kappa shape index (κ3) is 2.54. The van der Waals surface area contributed by atoms with Crippen LogP contribution in [-0.4, -0.2) is 12.1 Å². The summed E-state index contributed by atoms with van der Waals surface area (Å²) in [5.41, 5.74) is 4.54. The van der Waals surface area contributed by atoms with Crippen molar-refractivity contribution < 1.29 is 18.0 Å². The van der Waals surface area contributed by atoms with Crippen molar-refractivity contribution in [1.29, 1.82) is 0 Å². The van der Waals surface area contributed by atoms with Crippen molar-refractivity contribution in [3.05, 3.63) is 28.8 Å². The minimum atomic E-state index is -4.55. The van der Waals surface area contributed by atoms with Crippen molar-refractivity contribution in [3.63, 3.8) is 0 Å². The quantitative estimate of drug-likeness (QED) is 0.866. The van der Waals surface area contributed by atoms with Crippen molar-refractivity contribution in [2.75, 3.05) is 5.32 Å². The summed E-state index contributed by atoms with van der Waals surface area (Å²) in [6.45, 7) is 4.44. The molecule has 0 radical (unpaired) electrons. The number of nitrogens with one attached hydrogen (secondary N) is 1. The maximum Gasteiger partial charge on any atom is 0.430 e. The lowest BCUT2D eigenvalue weighted by Gasteiger charge is -2.12. The fourth-order valence-electron chi connectivity index (χ4n) is 1.05. The van der Waals surface area contributed by atoms with Crippen molar-refractivity contribution >= 4 is 22.2 Å². The average molecular weight is 250 g/mol. The number of aryl methyl sites for hydroxylation is 1. The molecule has 1 heterocycles. The molecule has 0 aliphatic carbocycles. The Morgan fingerprint density at radius 1 is 1.56 bits per heavy atom. The zero-order chi connectivity index (χ0) is 12.5. The number of thiophene rings is 1. The molecule has 0 aliphatic heterocycles. The number of allylic oxidation sites excluding steroid dienone is 1. The van der Waals surface area contributed by atoms with Gasteiger partial charge in [0, 0.05) is 0 Å². The molecule has 3 nitrogen and oxygen atoms in total. The first-order valence-corrected chi connectivity index (χ1v) is 5.02. The highest BCUT2D eigenvalue weighted by molar-refractivity contribution is 7.14. The standard InChI is InChI=1S/C9H9F3N2OS/c1-4-3-16-8(6(4)7(13)15)14-5(2)9(10,11)12/h3,14H,2H2,1H3,(H2,13,15). The number of halogens is 3. The van der Waals surface area contributed by atoms with Crippen molar-refractivity contribution in [1.82, 2.24) is 0 Å². The highest BCUT2D eigenvalue weighted by Crippen LogP contribution is 2.32. The Hall–Kier alpha value is -1.50. The Balaban J connectivity index is 2.99. The van der Waals surface area contributed by atoms with Crippen LogP contribution in [0.15, 0.2) is 17.7 Å². The van der Waals surface area contributed by atoms with Crippen molar-refractivity contribution in [2.24, 2.45) is 5.73 Å². The zero-order valence-electron chi connectivity index (χ0n) is 8.31. The molecule has 1 rings (SSSR count). The predicted molar refractivity (Wildman–Crippen MR) is 56.4 cm³/mol. The second kappa shape index (κ2) is 4.17. The van der Waals surface area contributed by atoms with Gasteiger partial charge in [0.1, 0.15) is 10.7 Å². The number of carbonyl (C=O) groups excluding carboxylic acids is 1. The number of hydrogen-bond acceptors (Lipinski definition) is 3. The number of carbonyl (C=O) groups is 1. The van der Waals surface area contributed by atoms with Gasteiger partial charge in [0.15, 0.2) is 0 Å². The molecule has 0 bridgehead atoms. The van der Waals surface area contributed by atoms with Crippen LogP contribution in [0, 0.1) is 6.92 Å². The largest absolute Gasteiger partial charge is 0.430 e. The summed E-state index contributed by atoms with van der Waals surface area (Å²) in [5, 5.41) is 3.66. The summed E-state index contributed by atoms with van der Waals surface area (Å²) >= 11 is 0.976. The Morgan fingerprint density at radius 2 is 2.12 bits per heavy atom. The predicted octanol–water partition coefficient (Wildman–Crippen LogP) is 2.64. The number of rotatable bonds is 3. The van der Waals surface area contributed by atoms with Crippen LogP contribution in [0.3, 0.4) is 0 Å². The van der Waals surface area contributed by atoms with Gasteiger partial charge in [-0.25, -0.2) is 0 Å². The molecule has 7 heteroatoms. The van der Waals surface area contributed by atoms with Crippen molar-refractivity contribution in [2.45, 2.75) is 13.1 Å². The number of anilines is 1. The van der Waals surface area contributed by atoms with E-state index in [-0.39, 0.29) is 10.6 Å². The fourth-order valence-corrected chi connectivity index (χ4v) is 2.02. The number of hydrogen-bond donors (Lipinski definition) is 2. The highest BCUT2D eigenvalue weighted by Gasteiger charge is 2.33. The van der Waals surface area contributed by atoms with Crippen molar-refractivity contribution in [3.8, 4) is 0 Å². The first-order valence-electron chi connectivity index (χ1n) is 4.14. The number of primary amides is 1. The topological polar surface area (TPSA) is 55.1 Å². The molecule has 0 unspecified atom stereocenters. The SMILES string of the molecule is C=C(Nc1scc(C)c1C(N)=O)C(F)(F)F. The average Bonchev–Trinajstić information content (AvgIpc) is 2.45. The van der Waals surface area contributed by atoms with Crippen LogP contribution in [0.4, 0.5) is 18.2 Å². The zero-order valence-corrected chi connectivity index (χ0v) is 9.13. The summed E-state index contributed by atoms with van der Waals surface area (Å²) in [6.07, 6.45) is -4.55. The van der Waals surface area contributed by atoms with E-state index in [9.17, 15) is 18.0 Å². The van der Waals surface area contributed by atoms with Gasteiger partial charge in [-0.15, -0.1) is 11.3 Å². The maximum atomic E-state index is 12.2. The molecule has 0 aliphatic rings. The molecule has 0 saturated heterocycles. The maximum absolute atomic E-state index is 12.2. The van der Waals surface area contributed by atoms with Crippen LogP contribution in [0.1, 0.15) is 15.9 Å². The molecular formula is C9H9F3N2OS. The molecule has 1 aromatic rings. The second-order valence-electron chi connectivity index (χ2n) is 3.09. The molecule has 0 saturated carbocycles. The smallest absolute Gasteiger partial charge is 0.365 e. The molecule has 3 N–H and O–H groups in total. The lowest BCUT2D eigenvalue weighted by atomic mass is 10.2. The van der Waals surface area contributed by atoms with Gasteiger partial charge in [-0.2, -0.15) is 13.2 Å². The highest BCUT2D eigenvalue weighted by atomic mass is 32.1. The number of amides is 1. The van der Waals surface area contributed by atoms with E-state index in [0.29, 0.717) is 5.56 Å². The minimum absolute atomic E-state index is 0.0623. The lowest BCUT2D eigenvalue weighted by Crippen LogP contribution is -2.20. The minimum Gasteiger partial charge on any atom is -0.365 e. The van der Waals surface area contributed by atoms with Gasteiger partial charge < -0.3 is 11.1 Å². The normalized spacial score (nSPS) is 11.2. The molecule has 0 atom stereocenters. The van der Waals surface area contributed by atoms with E-state index in [4.69, 9.17) is 5.73 Å². The van der Waals surface area contributed by atoms with Crippen LogP contribution in [0.25, 0.3) is 0 Å². The first kappa shape index (κ1) is 12.6. The number of alkyl halides is 3. The summed E-state index contributed by atoms with van der Waals surface area (Å²) < 4.78 is 36.6. The van der Waals surface area contributed by atoms with Crippen LogP contribution >= 0.6 is 11.3 Å². The van der Waals surface area contributed by atoms with Gasteiger partial charge in [-0.3, -0.25) is 4.79 Å². The Morgan fingerprint density at radius 3 is 2.56 bits per heavy atom. The van der Waals surface area contributed by atoms with Gasteiger partial charge >= 0.3 is 6.18 Å². The molecule has 1 amide bonds. The Bertz CT molecular complexity index is 436. The fraction of sp³-hybridized carbons (Fsp3) is 0.222. The van der Waals surface area contributed by atoms with Gasteiger partial charge in [0.05, 0.1) is 5.56 Å². The summed E-state index contributed by atoms with van der Waals surface area (Å²) in [7, 11) is 0. The van der Waals surface area contributed by atoms with Gasteiger partial charge in [-0.05, 0) is 17.9 Å². The van der Waals surface area contributed by atoms with Crippen LogP contribution in [-0.2, 0) is 0 Å². The van der Waals surface area contributed by atoms with E-state index >= 15 is 0 Å². The third-order valence-electron chi connectivity index (χ3n) is 1.83. The molecule has 16 heavy (non-hydrogen) atoms. The van der Waals surface area contributed by atoms with Crippen LogP contribution < -0.4 is 11.1 Å². The van der Waals surface area contributed by atoms with Gasteiger partial charge in [0.2, 0.25) is 0 Å². The summed E-state index contributed by atoms with van der Waals surface area (Å²) in [6, 6.07) is 0.